The van der Waals surface area contributed by atoms with Crippen molar-refractivity contribution in [2.75, 3.05) is 24.3 Å². The van der Waals surface area contributed by atoms with Crippen LogP contribution in [0.4, 0.5) is 10.8 Å². The van der Waals surface area contributed by atoms with Gasteiger partial charge in [-0.05, 0) is 52.2 Å². The molecule has 2 aromatic heterocycles. The zero-order chi connectivity index (χ0) is 17.8. The first-order valence-corrected chi connectivity index (χ1v) is 10.3. The van der Waals surface area contributed by atoms with E-state index in [9.17, 15) is 4.79 Å². The van der Waals surface area contributed by atoms with Crippen molar-refractivity contribution >= 4 is 55.3 Å². The van der Waals surface area contributed by atoms with Gasteiger partial charge in [-0.3, -0.25) is 4.79 Å². The quantitative estimate of drug-likeness (QED) is 0.573. The largest absolute Gasteiger partial charge is 0.378 e. The molecule has 0 radical (unpaired) electrons. The van der Waals surface area contributed by atoms with Crippen LogP contribution in [0.2, 0.25) is 0 Å². The van der Waals surface area contributed by atoms with Gasteiger partial charge in [-0.2, -0.15) is 0 Å². The highest BCUT2D eigenvalue weighted by Gasteiger charge is 2.10. The van der Waals surface area contributed by atoms with Gasteiger partial charge in [0, 0.05) is 31.6 Å². The van der Waals surface area contributed by atoms with E-state index in [1.165, 1.54) is 11.3 Å². The molecule has 0 saturated carbocycles. The van der Waals surface area contributed by atoms with Gasteiger partial charge in [0.1, 0.15) is 0 Å². The first-order chi connectivity index (χ1) is 12.0. The first kappa shape index (κ1) is 18.1. The number of carbonyl (C=O) groups is 1. The molecule has 0 unspecified atom stereocenters. The fraction of sp³-hybridized carbons (Fsp3) is 0.222. The minimum atomic E-state index is -0.00931. The molecule has 1 aromatic carbocycles. The summed E-state index contributed by atoms with van der Waals surface area (Å²) in [5.74, 6) is -0.00931. The fourth-order valence-corrected chi connectivity index (χ4v) is 4.44. The van der Waals surface area contributed by atoms with Gasteiger partial charge in [-0.15, -0.1) is 22.7 Å². The van der Waals surface area contributed by atoms with E-state index in [4.69, 9.17) is 0 Å². The lowest BCUT2D eigenvalue weighted by atomic mass is 10.1. The summed E-state index contributed by atoms with van der Waals surface area (Å²) in [5, 5.41) is 5.50. The molecular weight excluding hydrogens is 418 g/mol. The van der Waals surface area contributed by atoms with Crippen LogP contribution in [-0.4, -0.2) is 25.0 Å². The lowest BCUT2D eigenvalue weighted by molar-refractivity contribution is -0.116. The molecule has 0 saturated heterocycles. The average Bonchev–Trinajstić information content (AvgIpc) is 3.22. The highest BCUT2D eigenvalue weighted by Crippen LogP contribution is 2.33. The molecule has 130 valence electrons. The molecule has 0 aliphatic carbocycles. The van der Waals surface area contributed by atoms with Crippen molar-refractivity contribution in [1.29, 1.82) is 0 Å². The summed E-state index contributed by atoms with van der Waals surface area (Å²) in [6, 6.07) is 12.3. The average molecular weight is 436 g/mol. The summed E-state index contributed by atoms with van der Waals surface area (Å²) >= 11 is 6.53. The van der Waals surface area contributed by atoms with Crippen molar-refractivity contribution in [1.82, 2.24) is 4.98 Å². The Kier molecular flexibility index (Phi) is 5.88. The highest BCUT2D eigenvalue weighted by atomic mass is 79.9. The number of aromatic nitrogens is 1. The predicted octanol–water partition coefficient (Wildman–Crippen LogP) is 5.27. The minimum absolute atomic E-state index is 0.00931. The molecule has 1 amide bonds. The molecule has 0 atom stereocenters. The number of hydrogen-bond donors (Lipinski definition) is 1. The molecule has 0 aliphatic heterocycles. The van der Waals surface area contributed by atoms with Crippen LogP contribution in [0, 0.1) is 0 Å². The van der Waals surface area contributed by atoms with Gasteiger partial charge in [-0.1, -0.05) is 12.1 Å². The Morgan fingerprint density at radius 3 is 2.60 bits per heavy atom. The molecule has 25 heavy (non-hydrogen) atoms. The van der Waals surface area contributed by atoms with Gasteiger partial charge in [0.2, 0.25) is 5.91 Å². The third kappa shape index (κ3) is 4.90. The van der Waals surface area contributed by atoms with Crippen LogP contribution >= 0.6 is 38.6 Å². The van der Waals surface area contributed by atoms with Crippen molar-refractivity contribution in [3.63, 3.8) is 0 Å². The third-order valence-electron chi connectivity index (χ3n) is 3.67. The summed E-state index contributed by atoms with van der Waals surface area (Å²) in [7, 11) is 4.03. The van der Waals surface area contributed by atoms with E-state index in [0.717, 1.165) is 32.0 Å². The monoisotopic (exact) mass is 435 g/mol. The van der Waals surface area contributed by atoms with E-state index in [0.29, 0.717) is 11.6 Å². The molecule has 0 fully saturated rings. The number of rotatable bonds is 6. The van der Waals surface area contributed by atoms with Crippen LogP contribution in [0.25, 0.3) is 10.6 Å². The highest BCUT2D eigenvalue weighted by molar-refractivity contribution is 9.11. The Balaban J connectivity index is 1.53. The molecule has 3 aromatic rings. The number of amides is 1. The van der Waals surface area contributed by atoms with Gasteiger partial charge >= 0.3 is 0 Å². The van der Waals surface area contributed by atoms with E-state index in [1.807, 2.05) is 31.6 Å². The van der Waals surface area contributed by atoms with Gasteiger partial charge < -0.3 is 10.2 Å². The molecule has 3 rings (SSSR count). The third-order valence-corrected chi connectivity index (χ3v) is 6.07. The molecule has 0 spiro atoms. The predicted molar refractivity (Wildman–Crippen MR) is 111 cm³/mol. The van der Waals surface area contributed by atoms with Crippen molar-refractivity contribution in [3.8, 4) is 10.6 Å². The van der Waals surface area contributed by atoms with Gasteiger partial charge in [-0.25, -0.2) is 4.98 Å². The van der Waals surface area contributed by atoms with Crippen molar-refractivity contribution in [2.24, 2.45) is 0 Å². The maximum Gasteiger partial charge on any atom is 0.226 e. The van der Waals surface area contributed by atoms with Crippen LogP contribution in [0.3, 0.4) is 0 Å². The maximum absolute atomic E-state index is 12.2. The maximum atomic E-state index is 12.2. The number of anilines is 2. The zero-order valence-electron chi connectivity index (χ0n) is 14.0. The first-order valence-electron chi connectivity index (χ1n) is 7.78. The Morgan fingerprint density at radius 1 is 1.20 bits per heavy atom. The van der Waals surface area contributed by atoms with Crippen molar-refractivity contribution in [3.05, 3.63) is 51.1 Å². The van der Waals surface area contributed by atoms with Crippen LogP contribution in [-0.2, 0) is 11.2 Å². The summed E-state index contributed by atoms with van der Waals surface area (Å²) < 4.78 is 1.07. The Morgan fingerprint density at radius 2 is 1.96 bits per heavy atom. The van der Waals surface area contributed by atoms with E-state index >= 15 is 0 Å². The number of carbonyl (C=O) groups excluding carboxylic acids is 1. The Hall–Kier alpha value is -1.70. The lowest BCUT2D eigenvalue weighted by Gasteiger charge is -2.12. The molecule has 2 heterocycles. The fourth-order valence-electron chi connectivity index (χ4n) is 2.30. The van der Waals surface area contributed by atoms with E-state index in [-0.39, 0.29) is 5.91 Å². The number of benzene rings is 1. The number of thiophene rings is 1. The second kappa shape index (κ2) is 8.12. The number of thiazole rings is 1. The minimum Gasteiger partial charge on any atom is -0.378 e. The molecule has 0 bridgehead atoms. The van der Waals surface area contributed by atoms with Gasteiger partial charge in [0.15, 0.2) is 5.13 Å². The van der Waals surface area contributed by atoms with Crippen LogP contribution in [0.1, 0.15) is 12.0 Å². The smallest absolute Gasteiger partial charge is 0.226 e. The lowest BCUT2D eigenvalue weighted by Crippen LogP contribution is -2.12. The van der Waals surface area contributed by atoms with Crippen LogP contribution in [0.15, 0.2) is 45.6 Å². The van der Waals surface area contributed by atoms with Crippen LogP contribution < -0.4 is 10.2 Å². The number of aryl methyl sites for hydroxylation is 1. The Bertz CT molecular complexity index is 855. The molecule has 4 nitrogen and oxygen atoms in total. The Labute approximate surface area is 163 Å². The SMILES string of the molecule is CN(C)c1ccc(CCC(=O)Nc2nc(-c3ccc(Br)s3)cs2)cc1. The van der Waals surface area contributed by atoms with Gasteiger partial charge in [0.05, 0.1) is 14.4 Å². The summed E-state index contributed by atoms with van der Waals surface area (Å²) in [5.41, 5.74) is 3.21. The van der Waals surface area contributed by atoms with Crippen molar-refractivity contribution < 1.29 is 4.79 Å². The molecular formula is C18H18BrN3OS2. The summed E-state index contributed by atoms with van der Waals surface area (Å²) in [4.78, 5) is 19.8. The topological polar surface area (TPSA) is 45.2 Å². The molecule has 0 aliphatic rings. The van der Waals surface area contributed by atoms with E-state index < -0.39 is 0 Å². The van der Waals surface area contributed by atoms with Crippen molar-refractivity contribution in [2.45, 2.75) is 12.8 Å². The summed E-state index contributed by atoms with van der Waals surface area (Å²) in [6.07, 6.45) is 1.16. The summed E-state index contributed by atoms with van der Waals surface area (Å²) in [6.45, 7) is 0. The molecule has 1 N–H and O–H groups in total. The van der Waals surface area contributed by atoms with Gasteiger partial charge in [0.25, 0.3) is 0 Å². The normalized spacial score (nSPS) is 10.7. The number of nitrogens with one attached hydrogen (secondary N) is 1. The standard InChI is InChI=1S/C18H18BrN3OS2/c1-22(2)13-6-3-12(4-7-13)5-10-17(23)21-18-20-14(11-24-18)15-8-9-16(19)25-15/h3-4,6-9,11H,5,10H2,1-2H3,(H,20,21,23). The second-order valence-electron chi connectivity index (χ2n) is 5.75. The zero-order valence-corrected chi connectivity index (χ0v) is 17.2. The molecule has 7 heteroatoms. The number of halogens is 1. The number of nitrogens with zero attached hydrogens (tertiary/aromatic N) is 2. The second-order valence-corrected chi connectivity index (χ2v) is 9.07. The van der Waals surface area contributed by atoms with E-state index in [2.05, 4.69) is 55.4 Å². The number of hydrogen-bond acceptors (Lipinski definition) is 5. The van der Waals surface area contributed by atoms with Crippen LogP contribution in [0.5, 0.6) is 0 Å². The van der Waals surface area contributed by atoms with E-state index in [1.54, 1.807) is 11.3 Å².